The number of hydrogen-bond donors (Lipinski definition) is 0. The largest absolute Gasteiger partial charge is 0.497 e. The molecule has 0 amide bonds. The number of aromatic nitrogens is 1. The van der Waals surface area contributed by atoms with E-state index in [0.717, 1.165) is 27.8 Å². The molecule has 0 atom stereocenters. The van der Waals surface area contributed by atoms with Gasteiger partial charge in [-0.15, -0.1) is 0 Å². The van der Waals surface area contributed by atoms with E-state index >= 15 is 0 Å². The molecule has 2 heterocycles. The first-order valence-electron chi connectivity index (χ1n) is 6.15. The molecule has 0 N–H and O–H groups in total. The van der Waals surface area contributed by atoms with Crippen LogP contribution in [-0.2, 0) is 9.47 Å². The Labute approximate surface area is 111 Å². The van der Waals surface area contributed by atoms with Crippen LogP contribution in [0.4, 0.5) is 0 Å². The highest BCUT2D eigenvalue weighted by Gasteiger charge is 2.21. The summed E-state index contributed by atoms with van der Waals surface area (Å²) in [5.41, 5.74) is 2.70. The quantitative estimate of drug-likeness (QED) is 0.847. The van der Waals surface area contributed by atoms with Crippen LogP contribution < -0.4 is 4.74 Å². The summed E-state index contributed by atoms with van der Waals surface area (Å²) in [6, 6.07) is 7.73. The van der Waals surface area contributed by atoms with E-state index in [9.17, 15) is 0 Å². The van der Waals surface area contributed by atoms with Crippen molar-refractivity contribution in [3.05, 3.63) is 42.6 Å². The summed E-state index contributed by atoms with van der Waals surface area (Å²) in [5.74, 6) is 0.788. The van der Waals surface area contributed by atoms with Crippen molar-refractivity contribution in [2.45, 2.75) is 6.29 Å². The Kier molecular flexibility index (Phi) is 3.19. The lowest BCUT2D eigenvalue weighted by Gasteiger charge is -2.14. The molecule has 1 aromatic heterocycles. The lowest BCUT2D eigenvalue weighted by atomic mass is 10.0. The predicted octanol–water partition coefficient (Wildman–Crippen LogP) is 2.63. The second-order valence-corrected chi connectivity index (χ2v) is 4.34. The van der Waals surface area contributed by atoms with Crippen molar-refractivity contribution in [2.24, 2.45) is 0 Å². The molecule has 1 saturated heterocycles. The number of benzene rings is 1. The summed E-state index contributed by atoms with van der Waals surface area (Å²) in [5, 5.41) is 1.02. The van der Waals surface area contributed by atoms with Gasteiger partial charge in [0.2, 0.25) is 0 Å². The van der Waals surface area contributed by atoms with Gasteiger partial charge >= 0.3 is 0 Å². The second-order valence-electron chi connectivity index (χ2n) is 4.34. The normalized spacial score (nSPS) is 15.8. The monoisotopic (exact) mass is 257 g/mol. The maximum Gasteiger partial charge on any atom is 0.184 e. The van der Waals surface area contributed by atoms with Gasteiger partial charge in [-0.05, 0) is 23.8 Å². The molecule has 4 nitrogen and oxygen atoms in total. The Morgan fingerprint density at radius 3 is 2.84 bits per heavy atom. The van der Waals surface area contributed by atoms with Crippen molar-refractivity contribution in [3.8, 4) is 5.75 Å². The molecule has 2 aromatic rings. The minimum atomic E-state index is -0.354. The van der Waals surface area contributed by atoms with Crippen LogP contribution in [0.25, 0.3) is 16.5 Å². The molecule has 1 aliphatic rings. The average Bonchev–Trinajstić information content (AvgIpc) is 2.99. The lowest BCUT2D eigenvalue weighted by molar-refractivity contribution is 0.00718. The zero-order valence-corrected chi connectivity index (χ0v) is 10.8. The fraction of sp³-hybridized carbons (Fsp3) is 0.267. The van der Waals surface area contributed by atoms with E-state index in [2.05, 4.69) is 11.6 Å². The van der Waals surface area contributed by atoms with Crippen molar-refractivity contribution in [3.63, 3.8) is 0 Å². The smallest absolute Gasteiger partial charge is 0.184 e. The standard InChI is InChI=1S/C15H15NO3/c1-10(15-18-7-8-19-15)12-5-6-16-14-9-11(17-2)3-4-13(12)14/h3-6,9,15H,1,7-8H2,2H3. The molecule has 0 unspecified atom stereocenters. The molecule has 0 radical (unpaired) electrons. The number of hydrogen-bond acceptors (Lipinski definition) is 4. The molecule has 1 fully saturated rings. The Hall–Kier alpha value is -1.91. The van der Waals surface area contributed by atoms with Crippen LogP contribution in [0.2, 0.25) is 0 Å². The number of methoxy groups -OCH3 is 1. The molecular weight excluding hydrogens is 242 g/mol. The van der Waals surface area contributed by atoms with E-state index in [4.69, 9.17) is 14.2 Å². The highest BCUT2D eigenvalue weighted by Crippen LogP contribution is 2.29. The Morgan fingerprint density at radius 1 is 1.32 bits per heavy atom. The van der Waals surface area contributed by atoms with Gasteiger partial charge in [0, 0.05) is 23.2 Å². The molecule has 19 heavy (non-hydrogen) atoms. The van der Waals surface area contributed by atoms with Crippen molar-refractivity contribution >= 4 is 16.5 Å². The third-order valence-corrected chi connectivity index (χ3v) is 3.20. The van der Waals surface area contributed by atoms with Crippen molar-refractivity contribution in [1.29, 1.82) is 0 Å². The number of pyridine rings is 1. The second kappa shape index (κ2) is 4.99. The average molecular weight is 257 g/mol. The molecule has 98 valence electrons. The summed E-state index contributed by atoms with van der Waals surface area (Å²) in [4.78, 5) is 4.36. The minimum Gasteiger partial charge on any atom is -0.497 e. The van der Waals surface area contributed by atoms with Gasteiger partial charge in [-0.2, -0.15) is 0 Å². The lowest BCUT2D eigenvalue weighted by Crippen LogP contribution is -2.09. The first-order valence-corrected chi connectivity index (χ1v) is 6.15. The molecule has 0 spiro atoms. The summed E-state index contributed by atoms with van der Waals surface area (Å²) in [6.07, 6.45) is 1.41. The molecule has 0 bridgehead atoms. The molecule has 1 aromatic carbocycles. The number of fused-ring (bicyclic) bond motifs is 1. The van der Waals surface area contributed by atoms with E-state index in [-0.39, 0.29) is 6.29 Å². The zero-order valence-electron chi connectivity index (χ0n) is 10.8. The summed E-state index contributed by atoms with van der Waals surface area (Å²) >= 11 is 0. The third-order valence-electron chi connectivity index (χ3n) is 3.20. The van der Waals surface area contributed by atoms with Gasteiger partial charge in [-0.1, -0.05) is 6.58 Å². The zero-order chi connectivity index (χ0) is 13.2. The highest BCUT2D eigenvalue weighted by atomic mass is 16.7. The van der Waals surface area contributed by atoms with Crippen LogP contribution >= 0.6 is 0 Å². The van der Waals surface area contributed by atoms with Crippen LogP contribution in [-0.4, -0.2) is 31.6 Å². The van der Waals surface area contributed by atoms with Crippen LogP contribution in [0.1, 0.15) is 5.56 Å². The van der Waals surface area contributed by atoms with E-state index in [0.29, 0.717) is 13.2 Å². The Morgan fingerprint density at radius 2 is 2.11 bits per heavy atom. The topological polar surface area (TPSA) is 40.6 Å². The van der Waals surface area contributed by atoms with Gasteiger partial charge in [0.15, 0.2) is 6.29 Å². The van der Waals surface area contributed by atoms with Gasteiger partial charge in [-0.25, -0.2) is 0 Å². The molecule has 3 rings (SSSR count). The third kappa shape index (κ3) is 2.20. The molecule has 4 heteroatoms. The number of ether oxygens (including phenoxy) is 3. The number of nitrogens with zero attached hydrogens (tertiary/aromatic N) is 1. The first-order chi connectivity index (χ1) is 9.29. The van der Waals surface area contributed by atoms with Gasteiger partial charge in [0.1, 0.15) is 5.75 Å². The highest BCUT2D eigenvalue weighted by molar-refractivity contribution is 5.92. The van der Waals surface area contributed by atoms with E-state index in [1.807, 2.05) is 24.3 Å². The van der Waals surface area contributed by atoms with E-state index in [1.165, 1.54) is 0 Å². The minimum absolute atomic E-state index is 0.354. The van der Waals surface area contributed by atoms with Gasteiger partial charge in [0.25, 0.3) is 0 Å². The predicted molar refractivity (Wildman–Crippen MR) is 73.0 cm³/mol. The van der Waals surface area contributed by atoms with Gasteiger partial charge < -0.3 is 14.2 Å². The fourth-order valence-corrected chi connectivity index (χ4v) is 2.22. The maximum atomic E-state index is 5.50. The summed E-state index contributed by atoms with van der Waals surface area (Å²) < 4.78 is 16.2. The maximum absolute atomic E-state index is 5.50. The van der Waals surface area contributed by atoms with E-state index in [1.54, 1.807) is 13.3 Å². The summed E-state index contributed by atoms with van der Waals surface area (Å²) in [7, 11) is 1.64. The Bertz CT molecular complexity index is 618. The molecule has 1 aliphatic heterocycles. The van der Waals surface area contributed by atoms with Crippen LogP contribution in [0.15, 0.2) is 37.0 Å². The van der Waals surface area contributed by atoms with Crippen molar-refractivity contribution < 1.29 is 14.2 Å². The molecule has 0 saturated carbocycles. The van der Waals surface area contributed by atoms with Crippen molar-refractivity contribution in [2.75, 3.05) is 20.3 Å². The van der Waals surface area contributed by atoms with Crippen LogP contribution in [0.5, 0.6) is 5.75 Å². The fourth-order valence-electron chi connectivity index (χ4n) is 2.22. The van der Waals surface area contributed by atoms with Gasteiger partial charge in [-0.3, -0.25) is 4.98 Å². The Balaban J connectivity index is 2.05. The van der Waals surface area contributed by atoms with Crippen molar-refractivity contribution in [1.82, 2.24) is 4.98 Å². The van der Waals surface area contributed by atoms with E-state index < -0.39 is 0 Å². The van der Waals surface area contributed by atoms with Crippen LogP contribution in [0, 0.1) is 0 Å². The van der Waals surface area contributed by atoms with Gasteiger partial charge in [0.05, 0.1) is 25.8 Å². The number of rotatable bonds is 3. The molecular formula is C15H15NO3. The first kappa shape index (κ1) is 12.1. The SMILES string of the molecule is C=C(c1ccnc2cc(OC)ccc12)C1OCCO1. The molecule has 0 aliphatic carbocycles. The van der Waals surface area contributed by atoms with Crippen LogP contribution in [0.3, 0.4) is 0 Å². The summed E-state index contributed by atoms with van der Waals surface area (Å²) in [6.45, 7) is 5.31.